The van der Waals surface area contributed by atoms with Crippen LogP contribution in [0.4, 0.5) is 5.69 Å². The Kier molecular flexibility index (Phi) is 6.18. The summed E-state index contributed by atoms with van der Waals surface area (Å²) in [6.07, 6.45) is 0. The Labute approximate surface area is 120 Å². The number of rotatable bonds is 6. The second kappa shape index (κ2) is 7.65. The first kappa shape index (κ1) is 16.2. The molecule has 5 nitrogen and oxygen atoms in total. The Morgan fingerprint density at radius 3 is 2.30 bits per heavy atom. The van der Waals surface area contributed by atoms with E-state index in [9.17, 15) is 9.59 Å². The van der Waals surface area contributed by atoms with Gasteiger partial charge in [0.1, 0.15) is 0 Å². The third kappa shape index (κ3) is 4.66. The zero-order valence-corrected chi connectivity index (χ0v) is 12.6. The number of hydrogen-bond acceptors (Lipinski definition) is 3. The van der Waals surface area contributed by atoms with Gasteiger partial charge in [-0.1, -0.05) is 13.8 Å². The number of hydrogen-bond donors (Lipinski definition) is 2. The fourth-order valence-corrected chi connectivity index (χ4v) is 1.67. The van der Waals surface area contributed by atoms with Gasteiger partial charge in [-0.15, -0.1) is 0 Å². The number of nitrogens with zero attached hydrogens (tertiary/aromatic N) is 1. The highest BCUT2D eigenvalue weighted by molar-refractivity contribution is 5.96. The summed E-state index contributed by atoms with van der Waals surface area (Å²) in [4.78, 5) is 25.2. The number of amides is 2. The van der Waals surface area contributed by atoms with E-state index in [-0.39, 0.29) is 17.7 Å². The van der Waals surface area contributed by atoms with Crippen LogP contribution in [0.3, 0.4) is 0 Å². The minimum Gasteiger partial charge on any atom is -0.345 e. The first-order valence-electron chi connectivity index (χ1n) is 6.79. The number of benzene rings is 1. The molecule has 2 amide bonds. The lowest BCUT2D eigenvalue weighted by Crippen LogP contribution is -2.30. The molecule has 1 aromatic carbocycles. The van der Waals surface area contributed by atoms with Crippen LogP contribution in [0.2, 0.25) is 0 Å². The summed E-state index contributed by atoms with van der Waals surface area (Å²) in [6, 6.07) is 6.92. The van der Waals surface area contributed by atoms with Crippen LogP contribution in [0.25, 0.3) is 0 Å². The molecule has 1 rings (SSSR count). The predicted octanol–water partition coefficient (Wildman–Crippen LogP) is 1.57. The van der Waals surface area contributed by atoms with Gasteiger partial charge in [-0.2, -0.15) is 0 Å². The Bertz CT molecular complexity index is 455. The molecule has 1 unspecified atom stereocenters. The van der Waals surface area contributed by atoms with E-state index in [4.69, 9.17) is 0 Å². The average molecular weight is 277 g/mol. The van der Waals surface area contributed by atoms with Gasteiger partial charge < -0.3 is 15.5 Å². The smallest absolute Gasteiger partial charge is 0.253 e. The highest BCUT2D eigenvalue weighted by atomic mass is 16.2. The Hall–Kier alpha value is -1.88. The highest BCUT2D eigenvalue weighted by Crippen LogP contribution is 2.12. The van der Waals surface area contributed by atoms with Crippen molar-refractivity contribution in [3.05, 3.63) is 29.8 Å². The van der Waals surface area contributed by atoms with Crippen LogP contribution in [-0.4, -0.2) is 43.9 Å². The topological polar surface area (TPSA) is 61.4 Å². The molecule has 1 aromatic rings. The normalized spacial score (nSPS) is 11.8. The van der Waals surface area contributed by atoms with Crippen molar-refractivity contribution in [3.8, 4) is 0 Å². The van der Waals surface area contributed by atoms with E-state index < -0.39 is 0 Å². The molecular formula is C15H23N3O2. The summed E-state index contributed by atoms with van der Waals surface area (Å²) < 4.78 is 0. The van der Waals surface area contributed by atoms with E-state index in [2.05, 4.69) is 10.6 Å². The summed E-state index contributed by atoms with van der Waals surface area (Å²) >= 11 is 0. The van der Waals surface area contributed by atoms with Gasteiger partial charge in [0, 0.05) is 37.8 Å². The van der Waals surface area contributed by atoms with Gasteiger partial charge >= 0.3 is 0 Å². The number of carbonyl (C=O) groups excluding carboxylic acids is 2. The van der Waals surface area contributed by atoms with E-state index in [0.29, 0.717) is 17.8 Å². The lowest BCUT2D eigenvalue weighted by molar-refractivity contribution is -0.119. The molecule has 0 radical (unpaired) electrons. The van der Waals surface area contributed by atoms with Crippen molar-refractivity contribution in [2.45, 2.75) is 13.8 Å². The molecule has 0 aliphatic carbocycles. The molecule has 0 aliphatic rings. The lowest BCUT2D eigenvalue weighted by Gasteiger charge is -2.13. The van der Waals surface area contributed by atoms with Gasteiger partial charge in [0.25, 0.3) is 5.91 Å². The summed E-state index contributed by atoms with van der Waals surface area (Å²) in [7, 11) is 3.42. The second-order valence-electron chi connectivity index (χ2n) is 4.97. The van der Waals surface area contributed by atoms with E-state index in [1.165, 1.54) is 4.90 Å². The van der Waals surface area contributed by atoms with Crippen molar-refractivity contribution < 1.29 is 9.59 Å². The van der Waals surface area contributed by atoms with Gasteiger partial charge in [0.2, 0.25) is 5.91 Å². The van der Waals surface area contributed by atoms with Gasteiger partial charge in [-0.05, 0) is 30.8 Å². The summed E-state index contributed by atoms with van der Waals surface area (Å²) in [5.74, 6) is -0.181. The largest absolute Gasteiger partial charge is 0.345 e. The Balaban J connectivity index is 2.61. The fraction of sp³-hybridized carbons (Fsp3) is 0.467. The van der Waals surface area contributed by atoms with Crippen molar-refractivity contribution in [1.82, 2.24) is 10.2 Å². The molecule has 0 saturated carbocycles. The second-order valence-corrected chi connectivity index (χ2v) is 4.97. The SMILES string of the molecule is CCNCC(C)C(=O)Nc1ccc(C(=O)N(C)C)cc1. The van der Waals surface area contributed by atoms with E-state index in [1.54, 1.807) is 38.4 Å². The summed E-state index contributed by atoms with van der Waals surface area (Å²) in [6.45, 7) is 5.38. The molecular weight excluding hydrogens is 254 g/mol. The van der Waals surface area contributed by atoms with Crippen molar-refractivity contribution in [2.24, 2.45) is 5.92 Å². The van der Waals surface area contributed by atoms with Gasteiger partial charge in [0.15, 0.2) is 0 Å². The molecule has 2 N–H and O–H groups in total. The predicted molar refractivity (Wildman–Crippen MR) is 80.8 cm³/mol. The molecule has 1 atom stereocenters. The maximum atomic E-state index is 11.9. The van der Waals surface area contributed by atoms with Crippen LogP contribution in [0.5, 0.6) is 0 Å². The molecule has 110 valence electrons. The van der Waals surface area contributed by atoms with E-state index >= 15 is 0 Å². The Morgan fingerprint density at radius 1 is 1.20 bits per heavy atom. The third-order valence-corrected chi connectivity index (χ3v) is 2.95. The molecule has 0 saturated heterocycles. The average Bonchev–Trinajstić information content (AvgIpc) is 2.44. The molecule has 0 bridgehead atoms. The number of nitrogens with one attached hydrogen (secondary N) is 2. The maximum Gasteiger partial charge on any atom is 0.253 e. The zero-order valence-electron chi connectivity index (χ0n) is 12.6. The van der Waals surface area contributed by atoms with Gasteiger partial charge in [0.05, 0.1) is 0 Å². The zero-order chi connectivity index (χ0) is 15.1. The van der Waals surface area contributed by atoms with Crippen LogP contribution in [0, 0.1) is 5.92 Å². The fourth-order valence-electron chi connectivity index (χ4n) is 1.67. The standard InChI is InChI=1S/C15H23N3O2/c1-5-16-10-11(2)14(19)17-13-8-6-12(7-9-13)15(20)18(3)4/h6-9,11,16H,5,10H2,1-4H3,(H,17,19). The van der Waals surface area contributed by atoms with Crippen LogP contribution in [-0.2, 0) is 4.79 Å². The molecule has 20 heavy (non-hydrogen) atoms. The highest BCUT2D eigenvalue weighted by Gasteiger charge is 2.13. The van der Waals surface area contributed by atoms with Crippen molar-refractivity contribution >= 4 is 17.5 Å². The first-order chi connectivity index (χ1) is 9.45. The summed E-state index contributed by atoms with van der Waals surface area (Å²) in [5, 5.41) is 5.98. The van der Waals surface area contributed by atoms with Crippen LogP contribution < -0.4 is 10.6 Å². The van der Waals surface area contributed by atoms with Crippen LogP contribution in [0.1, 0.15) is 24.2 Å². The Morgan fingerprint density at radius 2 is 1.80 bits per heavy atom. The molecule has 0 aromatic heterocycles. The summed E-state index contributed by atoms with van der Waals surface area (Å²) in [5.41, 5.74) is 1.31. The van der Waals surface area contributed by atoms with Crippen LogP contribution >= 0.6 is 0 Å². The number of anilines is 1. The van der Waals surface area contributed by atoms with Crippen LogP contribution in [0.15, 0.2) is 24.3 Å². The van der Waals surface area contributed by atoms with E-state index in [0.717, 1.165) is 6.54 Å². The van der Waals surface area contributed by atoms with E-state index in [1.807, 2.05) is 13.8 Å². The number of carbonyl (C=O) groups is 2. The molecule has 5 heteroatoms. The lowest BCUT2D eigenvalue weighted by atomic mass is 10.1. The maximum absolute atomic E-state index is 11.9. The minimum atomic E-state index is -0.0990. The van der Waals surface area contributed by atoms with Crippen molar-refractivity contribution in [3.63, 3.8) is 0 Å². The minimum absolute atomic E-state index is 0.0300. The molecule has 0 spiro atoms. The van der Waals surface area contributed by atoms with Gasteiger partial charge in [-0.3, -0.25) is 9.59 Å². The third-order valence-electron chi connectivity index (χ3n) is 2.95. The molecule has 0 aliphatic heterocycles. The van der Waals surface area contributed by atoms with Crippen molar-refractivity contribution in [1.29, 1.82) is 0 Å². The van der Waals surface area contributed by atoms with Gasteiger partial charge in [-0.25, -0.2) is 0 Å². The first-order valence-corrected chi connectivity index (χ1v) is 6.79. The molecule has 0 fully saturated rings. The monoisotopic (exact) mass is 277 g/mol. The molecule has 0 heterocycles. The quantitative estimate of drug-likeness (QED) is 0.830. The van der Waals surface area contributed by atoms with Crippen molar-refractivity contribution in [2.75, 3.05) is 32.5 Å².